The number of piperazine rings is 1. The van der Waals surface area contributed by atoms with Crippen LogP contribution in [0.4, 0.5) is 5.82 Å². The second kappa shape index (κ2) is 7.23. The van der Waals surface area contributed by atoms with Crippen molar-refractivity contribution >= 4 is 17.4 Å². The summed E-state index contributed by atoms with van der Waals surface area (Å²) in [6.45, 7) is 2.71. The summed E-state index contributed by atoms with van der Waals surface area (Å²) in [5.74, 6) is 3.24. The molecule has 0 unspecified atom stereocenters. The largest absolute Gasteiger partial charge is 0.455 e. The van der Waals surface area contributed by atoms with Gasteiger partial charge in [-0.3, -0.25) is 0 Å². The van der Waals surface area contributed by atoms with Crippen LogP contribution in [-0.2, 0) is 0 Å². The van der Waals surface area contributed by atoms with Crippen molar-refractivity contribution in [1.29, 1.82) is 5.26 Å². The van der Waals surface area contributed by atoms with E-state index in [9.17, 15) is 5.26 Å². The first-order valence-electron chi connectivity index (χ1n) is 9.94. The van der Waals surface area contributed by atoms with Gasteiger partial charge >= 0.3 is 0 Å². The van der Waals surface area contributed by atoms with Gasteiger partial charge in [-0.25, -0.2) is 9.97 Å². The van der Waals surface area contributed by atoms with E-state index in [1.54, 1.807) is 18.3 Å². The molecule has 1 saturated heterocycles. The lowest BCUT2D eigenvalue weighted by Gasteiger charge is -2.35. The maximum atomic E-state index is 9.80. The van der Waals surface area contributed by atoms with E-state index in [1.807, 2.05) is 6.07 Å². The summed E-state index contributed by atoms with van der Waals surface area (Å²) in [6, 6.07) is 8.12. The van der Waals surface area contributed by atoms with Crippen LogP contribution in [0.3, 0.4) is 0 Å². The molecule has 3 aliphatic rings. The second-order valence-electron chi connectivity index (χ2n) is 7.89. The van der Waals surface area contributed by atoms with Gasteiger partial charge in [0.05, 0.1) is 11.3 Å². The fourth-order valence-corrected chi connectivity index (χ4v) is 4.08. The third kappa shape index (κ3) is 3.65. The van der Waals surface area contributed by atoms with Gasteiger partial charge in [0.15, 0.2) is 5.75 Å². The topological polar surface area (TPSA) is 74.1 Å². The molecule has 1 aliphatic heterocycles. The van der Waals surface area contributed by atoms with Gasteiger partial charge in [0.1, 0.15) is 22.8 Å². The van der Waals surface area contributed by atoms with Crippen LogP contribution >= 0.6 is 11.6 Å². The van der Waals surface area contributed by atoms with Gasteiger partial charge in [0, 0.05) is 49.9 Å². The normalized spacial score (nSPS) is 22.0. The smallest absolute Gasteiger partial charge is 0.150 e. The predicted molar refractivity (Wildman–Crippen MR) is 107 cm³/mol. The number of nitrogens with zero attached hydrogens (tertiary/aromatic N) is 4. The van der Waals surface area contributed by atoms with E-state index >= 15 is 0 Å². The second-order valence-corrected chi connectivity index (χ2v) is 8.28. The van der Waals surface area contributed by atoms with Gasteiger partial charge in [-0.2, -0.15) is 5.26 Å². The first-order valence-corrected chi connectivity index (χ1v) is 10.3. The molecular weight excluding hydrogens is 374 g/mol. The molecule has 7 heteroatoms. The molecule has 0 spiro atoms. The SMILES string of the molecule is N#Cc1cc(Oc2ccnc(Cl)c2)c(C2CC2)nc1N1CCN[C@H](C2CC2)C1. The molecule has 0 amide bonds. The number of hydrogen-bond donors (Lipinski definition) is 1. The Morgan fingerprint density at radius 3 is 2.82 bits per heavy atom. The molecule has 0 aromatic carbocycles. The molecule has 6 nitrogen and oxygen atoms in total. The summed E-state index contributed by atoms with van der Waals surface area (Å²) in [7, 11) is 0. The Hall–Kier alpha value is -2.36. The summed E-state index contributed by atoms with van der Waals surface area (Å²) in [5, 5.41) is 13.8. The number of nitrogens with one attached hydrogen (secondary N) is 1. The number of anilines is 1. The number of aromatic nitrogens is 2. The Labute approximate surface area is 169 Å². The summed E-state index contributed by atoms with van der Waals surface area (Å²) in [5.41, 5.74) is 1.51. The number of ether oxygens (including phenoxy) is 1. The van der Waals surface area contributed by atoms with E-state index in [-0.39, 0.29) is 0 Å². The number of halogens is 1. The average Bonchev–Trinajstić information content (AvgIpc) is 3.61. The molecular formula is C21H22ClN5O. The van der Waals surface area contributed by atoms with Crippen molar-refractivity contribution < 1.29 is 4.74 Å². The van der Waals surface area contributed by atoms with Crippen LogP contribution in [0.15, 0.2) is 24.4 Å². The van der Waals surface area contributed by atoms with Crippen molar-refractivity contribution in [2.75, 3.05) is 24.5 Å². The third-order valence-corrected chi connectivity index (χ3v) is 5.91. The molecule has 2 aromatic rings. The highest BCUT2D eigenvalue weighted by atomic mass is 35.5. The van der Waals surface area contributed by atoms with Crippen molar-refractivity contribution in [1.82, 2.24) is 15.3 Å². The first kappa shape index (κ1) is 17.7. The number of hydrogen-bond acceptors (Lipinski definition) is 6. The Morgan fingerprint density at radius 2 is 2.11 bits per heavy atom. The van der Waals surface area contributed by atoms with E-state index in [0.29, 0.717) is 34.2 Å². The Morgan fingerprint density at radius 1 is 1.25 bits per heavy atom. The highest BCUT2D eigenvalue weighted by molar-refractivity contribution is 6.29. The van der Waals surface area contributed by atoms with Crippen LogP contribution in [0.5, 0.6) is 11.5 Å². The molecule has 0 bridgehead atoms. The van der Waals surface area contributed by atoms with Crippen LogP contribution in [0.25, 0.3) is 0 Å². The molecule has 2 aliphatic carbocycles. The maximum Gasteiger partial charge on any atom is 0.150 e. The fraction of sp³-hybridized carbons (Fsp3) is 0.476. The van der Waals surface area contributed by atoms with Crippen molar-refractivity contribution in [2.24, 2.45) is 5.92 Å². The predicted octanol–water partition coefficient (Wildman–Crippen LogP) is 3.86. The maximum absolute atomic E-state index is 9.80. The van der Waals surface area contributed by atoms with E-state index in [4.69, 9.17) is 21.3 Å². The summed E-state index contributed by atoms with van der Waals surface area (Å²) >= 11 is 5.98. The minimum atomic E-state index is 0.377. The van der Waals surface area contributed by atoms with Crippen molar-refractivity contribution in [3.63, 3.8) is 0 Å². The van der Waals surface area contributed by atoms with Gasteiger partial charge in [0.2, 0.25) is 0 Å². The summed E-state index contributed by atoms with van der Waals surface area (Å²) in [4.78, 5) is 11.2. The number of rotatable bonds is 5. The molecule has 2 saturated carbocycles. The van der Waals surface area contributed by atoms with Gasteiger partial charge in [-0.1, -0.05) is 11.6 Å². The van der Waals surface area contributed by atoms with Gasteiger partial charge in [-0.05, 0) is 37.7 Å². The highest BCUT2D eigenvalue weighted by Gasteiger charge is 2.36. The first-order chi connectivity index (χ1) is 13.7. The molecule has 144 valence electrons. The minimum Gasteiger partial charge on any atom is -0.455 e. The lowest BCUT2D eigenvalue weighted by molar-refractivity contribution is 0.416. The monoisotopic (exact) mass is 395 g/mol. The van der Waals surface area contributed by atoms with Crippen molar-refractivity contribution in [3.8, 4) is 17.6 Å². The number of nitriles is 1. The average molecular weight is 396 g/mol. The van der Waals surface area contributed by atoms with Crippen molar-refractivity contribution in [3.05, 3.63) is 40.8 Å². The lowest BCUT2D eigenvalue weighted by Crippen LogP contribution is -2.52. The molecule has 0 radical (unpaired) electrons. The van der Waals surface area contributed by atoms with Crippen LogP contribution in [0.1, 0.15) is 42.9 Å². The molecule has 28 heavy (non-hydrogen) atoms. The number of pyridine rings is 2. The molecule has 3 heterocycles. The zero-order valence-electron chi connectivity index (χ0n) is 15.6. The zero-order chi connectivity index (χ0) is 19.1. The quantitative estimate of drug-likeness (QED) is 0.775. The summed E-state index contributed by atoms with van der Waals surface area (Å²) in [6.07, 6.45) is 6.44. The van der Waals surface area contributed by atoms with Gasteiger partial charge in [0.25, 0.3) is 0 Å². The molecule has 2 aromatic heterocycles. The van der Waals surface area contributed by atoms with Crippen LogP contribution in [-0.4, -0.2) is 35.6 Å². The van der Waals surface area contributed by atoms with Crippen LogP contribution in [0, 0.1) is 17.2 Å². The van der Waals surface area contributed by atoms with Gasteiger partial charge < -0.3 is 15.0 Å². The van der Waals surface area contributed by atoms with Crippen LogP contribution < -0.4 is 15.0 Å². The minimum absolute atomic E-state index is 0.377. The Balaban J connectivity index is 1.48. The standard InChI is InChI=1S/C21H22ClN5O/c22-19-10-16(5-6-25-19)28-18-9-15(11-23)21(26-20(18)14-3-4-14)27-8-7-24-17(12-27)13-1-2-13/h5-6,9-10,13-14,17,24H,1-4,7-8,12H2/t17-/m0/s1. The van der Waals surface area contributed by atoms with Gasteiger partial charge in [-0.15, -0.1) is 0 Å². The van der Waals surface area contributed by atoms with Crippen molar-refractivity contribution in [2.45, 2.75) is 37.6 Å². The molecule has 1 N–H and O–H groups in total. The Kier molecular flexibility index (Phi) is 4.58. The fourth-order valence-electron chi connectivity index (χ4n) is 3.91. The molecule has 5 rings (SSSR count). The van der Waals surface area contributed by atoms with E-state index < -0.39 is 0 Å². The third-order valence-electron chi connectivity index (χ3n) is 5.70. The van der Waals surface area contributed by atoms with Crippen LogP contribution in [0.2, 0.25) is 5.15 Å². The Bertz CT molecular complexity index is 935. The van der Waals surface area contributed by atoms with E-state index in [1.165, 1.54) is 12.8 Å². The molecule has 3 fully saturated rings. The molecule has 1 atom stereocenters. The lowest BCUT2D eigenvalue weighted by atomic mass is 10.1. The van der Waals surface area contributed by atoms with E-state index in [2.05, 4.69) is 21.3 Å². The zero-order valence-corrected chi connectivity index (χ0v) is 16.3. The van der Waals surface area contributed by atoms with E-state index in [0.717, 1.165) is 49.9 Å². The summed E-state index contributed by atoms with van der Waals surface area (Å²) < 4.78 is 6.08. The highest BCUT2D eigenvalue weighted by Crippen LogP contribution is 2.46.